The van der Waals surface area contributed by atoms with Crippen molar-refractivity contribution in [1.29, 1.82) is 0 Å². The van der Waals surface area contributed by atoms with E-state index in [1.807, 2.05) is 25.2 Å². The summed E-state index contributed by atoms with van der Waals surface area (Å²) in [7, 11) is 0. The van der Waals surface area contributed by atoms with Crippen LogP contribution in [0.25, 0.3) is 0 Å². The van der Waals surface area contributed by atoms with E-state index >= 15 is 0 Å². The van der Waals surface area contributed by atoms with E-state index in [1.54, 1.807) is 5.57 Å². The summed E-state index contributed by atoms with van der Waals surface area (Å²) in [6.45, 7) is 8.87. The monoisotopic (exact) mass is 462 g/mol. The molecule has 0 bridgehead atoms. The van der Waals surface area contributed by atoms with Gasteiger partial charge < -0.3 is 5.11 Å². The second kappa shape index (κ2) is 7.99. The normalized spacial score (nSPS) is 37.5. The Hall–Kier alpha value is -3.05. The Morgan fingerprint density at radius 2 is 1.91 bits per heavy atom. The highest BCUT2D eigenvalue weighted by molar-refractivity contribution is 6.13. The zero-order valence-electron chi connectivity index (χ0n) is 21.2. The molecule has 0 heterocycles. The summed E-state index contributed by atoms with van der Waals surface area (Å²) in [5, 5.41) is 10.5. The molecule has 0 fully saturated rings. The lowest BCUT2D eigenvalue weighted by atomic mass is 9.48. The van der Waals surface area contributed by atoms with Gasteiger partial charge in [0, 0.05) is 34.8 Å². The van der Waals surface area contributed by atoms with Gasteiger partial charge in [-0.15, -0.1) is 0 Å². The lowest BCUT2D eigenvalue weighted by Crippen LogP contribution is -2.49. The van der Waals surface area contributed by atoms with Crippen molar-refractivity contribution in [3.8, 4) is 11.8 Å². The van der Waals surface area contributed by atoms with E-state index in [9.17, 15) is 9.90 Å². The number of carbonyl (C=O) groups excluding carboxylic acids is 1. The third-order valence-electron chi connectivity index (χ3n) is 9.57. The van der Waals surface area contributed by atoms with Gasteiger partial charge in [-0.3, -0.25) is 4.79 Å². The van der Waals surface area contributed by atoms with Gasteiger partial charge in [-0.2, -0.15) is 0 Å². The van der Waals surface area contributed by atoms with Crippen LogP contribution in [0.3, 0.4) is 0 Å². The highest BCUT2D eigenvalue weighted by Crippen LogP contribution is 2.68. The Labute approximate surface area is 209 Å². The molecule has 0 radical (unpaired) electrons. The fourth-order valence-electron chi connectivity index (χ4n) is 7.49. The number of Topliss-reactive ketones (excluding diaryl/α,β-unsaturated/α-hetero) is 1. The molecule has 0 aromatic heterocycles. The lowest BCUT2D eigenvalue weighted by molar-refractivity contribution is -0.113. The molecule has 0 saturated carbocycles. The molecule has 6 atom stereocenters. The van der Waals surface area contributed by atoms with Crippen molar-refractivity contribution < 1.29 is 9.90 Å². The van der Waals surface area contributed by atoms with Gasteiger partial charge in [0.05, 0.1) is 0 Å². The van der Waals surface area contributed by atoms with E-state index < -0.39 is 0 Å². The third-order valence-corrected chi connectivity index (χ3v) is 9.57. The van der Waals surface area contributed by atoms with Gasteiger partial charge in [0.1, 0.15) is 5.76 Å². The van der Waals surface area contributed by atoms with E-state index in [-0.39, 0.29) is 23.0 Å². The number of ketones is 1. The van der Waals surface area contributed by atoms with E-state index in [0.717, 1.165) is 36.0 Å². The predicted molar refractivity (Wildman–Crippen MR) is 141 cm³/mol. The summed E-state index contributed by atoms with van der Waals surface area (Å²) in [5.41, 5.74) is 7.93. The summed E-state index contributed by atoms with van der Waals surface area (Å²) in [6.07, 6.45) is 20.9. The molecular weight excluding hydrogens is 428 g/mol. The SMILES string of the molecule is CC1=CC(C2(C3=CC(C)C(C)C=C3)C3=C(C=CC#CC3)C(=O)C3=CCCC4=C(C)C4C32)CC=C1O. The summed E-state index contributed by atoms with van der Waals surface area (Å²) in [6, 6.07) is 0. The minimum absolute atomic E-state index is 0.0822. The van der Waals surface area contributed by atoms with Crippen molar-refractivity contribution in [2.24, 2.45) is 35.0 Å². The number of hydrogen-bond acceptors (Lipinski definition) is 2. The van der Waals surface area contributed by atoms with Crippen LogP contribution in [-0.2, 0) is 4.79 Å². The summed E-state index contributed by atoms with van der Waals surface area (Å²) < 4.78 is 0. The number of aliphatic hydroxyl groups excluding tert-OH is 1. The molecule has 2 nitrogen and oxygen atoms in total. The summed E-state index contributed by atoms with van der Waals surface area (Å²) in [4.78, 5) is 14.1. The number of aliphatic hydroxyl groups is 1. The number of carbonyl (C=O) groups is 1. The second-order valence-corrected chi connectivity index (χ2v) is 11.3. The van der Waals surface area contributed by atoms with E-state index in [0.29, 0.717) is 29.9 Å². The van der Waals surface area contributed by atoms with Gasteiger partial charge >= 0.3 is 0 Å². The zero-order valence-corrected chi connectivity index (χ0v) is 21.2. The lowest BCUT2D eigenvalue weighted by Gasteiger charge is -2.53. The summed E-state index contributed by atoms with van der Waals surface area (Å²) in [5.74, 6) is 8.59. The van der Waals surface area contributed by atoms with Crippen molar-refractivity contribution in [3.63, 3.8) is 0 Å². The van der Waals surface area contributed by atoms with Gasteiger partial charge in [0.15, 0.2) is 5.78 Å². The molecule has 6 rings (SSSR count). The van der Waals surface area contributed by atoms with Crippen LogP contribution < -0.4 is 0 Å². The van der Waals surface area contributed by atoms with Gasteiger partial charge in [-0.25, -0.2) is 0 Å². The molecule has 178 valence electrons. The molecule has 35 heavy (non-hydrogen) atoms. The Morgan fingerprint density at radius 1 is 1.09 bits per heavy atom. The van der Waals surface area contributed by atoms with Crippen LogP contribution in [0.2, 0.25) is 0 Å². The van der Waals surface area contributed by atoms with Crippen LogP contribution in [-0.4, -0.2) is 10.9 Å². The first kappa shape index (κ1) is 22.4. The van der Waals surface area contributed by atoms with Crippen LogP contribution >= 0.6 is 0 Å². The number of hydrogen-bond donors (Lipinski definition) is 1. The molecule has 0 aliphatic heterocycles. The summed E-state index contributed by atoms with van der Waals surface area (Å²) >= 11 is 0. The Balaban J connectivity index is 1.69. The molecule has 6 unspecified atom stereocenters. The highest BCUT2D eigenvalue weighted by atomic mass is 16.3. The van der Waals surface area contributed by atoms with Crippen molar-refractivity contribution in [2.45, 2.75) is 53.4 Å². The Bertz CT molecular complexity index is 1340. The molecule has 0 aromatic rings. The molecule has 0 aromatic carbocycles. The first-order chi connectivity index (χ1) is 16.9. The second-order valence-electron chi connectivity index (χ2n) is 11.3. The molecule has 0 spiro atoms. The Morgan fingerprint density at radius 3 is 2.69 bits per heavy atom. The average molecular weight is 463 g/mol. The molecule has 0 amide bonds. The van der Waals surface area contributed by atoms with Gasteiger partial charge in [0.2, 0.25) is 0 Å². The van der Waals surface area contributed by atoms with E-state index in [2.05, 4.69) is 63.0 Å². The number of rotatable bonds is 2. The largest absolute Gasteiger partial charge is 0.508 e. The standard InChI is InChI=1S/C33H34O2/c1-19-13-14-23(17-20(19)2)33(24-15-16-29(34)21(3)18-24)28-12-7-5-6-9-26(28)32(35)27-11-8-10-25-22(4)30(25)31(27)33/h6,9,11,13-14,16-20,24,30-31,34H,8,10,12,15H2,1-4H3. The molecule has 2 heteroatoms. The maximum absolute atomic E-state index is 14.1. The fourth-order valence-corrected chi connectivity index (χ4v) is 7.49. The minimum Gasteiger partial charge on any atom is -0.508 e. The average Bonchev–Trinajstić information content (AvgIpc) is 3.58. The van der Waals surface area contributed by atoms with E-state index in [4.69, 9.17) is 0 Å². The van der Waals surface area contributed by atoms with Crippen LogP contribution in [0.15, 0.2) is 93.4 Å². The smallest absolute Gasteiger partial charge is 0.189 e. The van der Waals surface area contributed by atoms with Gasteiger partial charge in [-0.05, 0) is 85.8 Å². The van der Waals surface area contributed by atoms with E-state index in [1.165, 1.54) is 16.7 Å². The molecule has 6 aliphatic carbocycles. The van der Waals surface area contributed by atoms with Crippen molar-refractivity contribution in [1.82, 2.24) is 0 Å². The third kappa shape index (κ3) is 3.14. The van der Waals surface area contributed by atoms with Gasteiger partial charge in [-0.1, -0.05) is 67.2 Å². The maximum Gasteiger partial charge on any atom is 0.189 e. The topological polar surface area (TPSA) is 37.3 Å². The van der Waals surface area contributed by atoms with Crippen molar-refractivity contribution in [3.05, 3.63) is 93.4 Å². The quantitative estimate of drug-likeness (QED) is 0.346. The molecule has 1 N–H and O–H groups in total. The van der Waals surface area contributed by atoms with Gasteiger partial charge in [0.25, 0.3) is 0 Å². The van der Waals surface area contributed by atoms with Crippen LogP contribution in [0.1, 0.15) is 53.4 Å². The molecule has 0 saturated heterocycles. The van der Waals surface area contributed by atoms with Crippen LogP contribution in [0.4, 0.5) is 0 Å². The molecular formula is C33H34O2. The number of fused-ring (bicyclic) bond motifs is 3. The minimum atomic E-state index is -0.375. The first-order valence-corrected chi connectivity index (χ1v) is 13.2. The van der Waals surface area contributed by atoms with Crippen molar-refractivity contribution >= 4 is 5.78 Å². The zero-order chi connectivity index (χ0) is 24.5. The molecule has 6 aliphatic rings. The van der Waals surface area contributed by atoms with Crippen LogP contribution in [0, 0.1) is 46.8 Å². The first-order valence-electron chi connectivity index (χ1n) is 13.2. The van der Waals surface area contributed by atoms with Crippen LogP contribution in [0.5, 0.6) is 0 Å². The highest BCUT2D eigenvalue weighted by Gasteiger charge is 2.61. The predicted octanol–water partition coefficient (Wildman–Crippen LogP) is 7.27. The maximum atomic E-state index is 14.1. The number of allylic oxidation sites excluding steroid dienone is 15. The Kier molecular flexibility index (Phi) is 5.12. The fraction of sp³-hybridized carbons (Fsp3) is 0.424. The van der Waals surface area contributed by atoms with Crippen molar-refractivity contribution in [2.75, 3.05) is 0 Å².